The largest absolute Gasteiger partial charge is 0.349 e. The molecule has 3 rings (SSSR count). The normalized spacial score (nSPS) is 19.8. The topological polar surface area (TPSA) is 75.3 Å². The first kappa shape index (κ1) is 20.4. The first-order valence-electron chi connectivity index (χ1n) is 9.75. The molecule has 1 amide bonds. The zero-order valence-electron chi connectivity index (χ0n) is 16.7. The van der Waals surface area contributed by atoms with Gasteiger partial charge in [-0.2, -0.15) is 0 Å². The van der Waals surface area contributed by atoms with E-state index in [0.717, 1.165) is 37.2 Å². The van der Waals surface area contributed by atoms with E-state index in [2.05, 4.69) is 17.0 Å². The Morgan fingerprint density at radius 3 is 2.25 bits per heavy atom. The van der Waals surface area contributed by atoms with E-state index in [4.69, 9.17) is 0 Å². The Morgan fingerprint density at radius 2 is 1.61 bits per heavy atom. The third kappa shape index (κ3) is 4.93. The fourth-order valence-electron chi connectivity index (χ4n) is 3.57. The van der Waals surface area contributed by atoms with Gasteiger partial charge in [0.2, 0.25) is 0 Å². The molecule has 0 radical (unpaired) electrons. The minimum atomic E-state index is -3.68. The highest BCUT2D eigenvalue weighted by atomic mass is 32.2. The molecule has 6 heteroatoms. The number of carbonyl (C=O) groups excluding carboxylic acids is 1. The van der Waals surface area contributed by atoms with Crippen LogP contribution in [0.4, 0.5) is 5.69 Å². The van der Waals surface area contributed by atoms with Crippen LogP contribution >= 0.6 is 0 Å². The van der Waals surface area contributed by atoms with Crippen molar-refractivity contribution in [2.75, 3.05) is 4.72 Å². The van der Waals surface area contributed by atoms with E-state index in [1.165, 1.54) is 0 Å². The number of sulfonamides is 1. The molecule has 5 nitrogen and oxygen atoms in total. The zero-order valence-corrected chi connectivity index (χ0v) is 17.5. The second-order valence-corrected chi connectivity index (χ2v) is 9.53. The lowest BCUT2D eigenvalue weighted by molar-refractivity contribution is 0.0923. The van der Waals surface area contributed by atoms with Gasteiger partial charge >= 0.3 is 0 Å². The maximum absolute atomic E-state index is 12.7. The lowest BCUT2D eigenvalue weighted by Crippen LogP contribution is -2.37. The van der Waals surface area contributed by atoms with Crippen molar-refractivity contribution >= 4 is 21.6 Å². The van der Waals surface area contributed by atoms with E-state index < -0.39 is 10.0 Å². The van der Waals surface area contributed by atoms with E-state index in [1.807, 2.05) is 13.0 Å². The summed E-state index contributed by atoms with van der Waals surface area (Å²) in [5.41, 5.74) is 2.54. The third-order valence-corrected chi connectivity index (χ3v) is 6.91. The summed E-state index contributed by atoms with van der Waals surface area (Å²) in [7, 11) is -3.68. The molecular formula is C22H28N2O3S. The number of aryl methyl sites for hydroxylation is 2. The first-order valence-corrected chi connectivity index (χ1v) is 11.2. The van der Waals surface area contributed by atoms with Crippen LogP contribution in [0.1, 0.15) is 54.1 Å². The average molecular weight is 401 g/mol. The number of carbonyl (C=O) groups is 1. The second-order valence-electron chi connectivity index (χ2n) is 7.88. The summed E-state index contributed by atoms with van der Waals surface area (Å²) < 4.78 is 28.0. The predicted molar refractivity (Wildman–Crippen MR) is 112 cm³/mol. The molecule has 1 aliphatic rings. The Labute approximate surface area is 167 Å². The average Bonchev–Trinajstić information content (AvgIpc) is 2.65. The van der Waals surface area contributed by atoms with Gasteiger partial charge in [-0.05, 0) is 86.9 Å². The molecule has 0 aromatic heterocycles. The minimum Gasteiger partial charge on any atom is -0.349 e. The quantitative estimate of drug-likeness (QED) is 0.780. The van der Waals surface area contributed by atoms with E-state index in [0.29, 0.717) is 16.8 Å². The molecular weight excluding hydrogens is 372 g/mol. The van der Waals surface area contributed by atoms with E-state index in [-0.39, 0.29) is 16.8 Å². The molecule has 28 heavy (non-hydrogen) atoms. The van der Waals surface area contributed by atoms with Gasteiger partial charge in [0, 0.05) is 17.3 Å². The van der Waals surface area contributed by atoms with E-state index in [1.54, 1.807) is 43.3 Å². The Bertz CT molecular complexity index is 944. The van der Waals surface area contributed by atoms with Crippen molar-refractivity contribution < 1.29 is 13.2 Å². The number of rotatable bonds is 5. The number of nitrogens with one attached hydrogen (secondary N) is 2. The van der Waals surface area contributed by atoms with Crippen LogP contribution in [0.2, 0.25) is 0 Å². The molecule has 0 bridgehead atoms. The maximum atomic E-state index is 12.7. The van der Waals surface area contributed by atoms with Crippen molar-refractivity contribution in [3.05, 3.63) is 59.2 Å². The predicted octanol–water partition coefficient (Wildman–Crippen LogP) is 4.41. The van der Waals surface area contributed by atoms with Gasteiger partial charge in [-0.25, -0.2) is 8.42 Å². The third-order valence-electron chi connectivity index (χ3n) is 5.38. The summed E-state index contributed by atoms with van der Waals surface area (Å²) >= 11 is 0. The van der Waals surface area contributed by atoms with Gasteiger partial charge in [0.05, 0.1) is 4.90 Å². The summed E-state index contributed by atoms with van der Waals surface area (Å²) in [5.74, 6) is 0.626. The highest BCUT2D eigenvalue weighted by Crippen LogP contribution is 2.24. The fourth-order valence-corrected chi connectivity index (χ4v) is 4.96. The molecule has 0 aliphatic heterocycles. The molecule has 0 heterocycles. The van der Waals surface area contributed by atoms with Gasteiger partial charge < -0.3 is 5.32 Å². The second kappa shape index (κ2) is 8.35. The Hall–Kier alpha value is -2.34. The Balaban J connectivity index is 1.67. The van der Waals surface area contributed by atoms with Crippen molar-refractivity contribution in [3.8, 4) is 0 Å². The molecule has 2 aromatic carbocycles. The van der Waals surface area contributed by atoms with Crippen LogP contribution in [0.5, 0.6) is 0 Å². The smallest absolute Gasteiger partial charge is 0.262 e. The lowest BCUT2D eigenvalue weighted by Gasteiger charge is -2.26. The number of amides is 1. The Morgan fingerprint density at radius 1 is 0.964 bits per heavy atom. The van der Waals surface area contributed by atoms with Crippen molar-refractivity contribution in [1.29, 1.82) is 0 Å². The van der Waals surface area contributed by atoms with Gasteiger partial charge in [-0.3, -0.25) is 9.52 Å². The monoisotopic (exact) mass is 400 g/mol. The van der Waals surface area contributed by atoms with Crippen molar-refractivity contribution in [3.63, 3.8) is 0 Å². The molecule has 1 aliphatic carbocycles. The van der Waals surface area contributed by atoms with E-state index in [9.17, 15) is 13.2 Å². The van der Waals surface area contributed by atoms with Crippen LogP contribution in [0.3, 0.4) is 0 Å². The number of hydrogen-bond donors (Lipinski definition) is 2. The summed E-state index contributed by atoms with van der Waals surface area (Å²) in [6.07, 6.45) is 4.31. The zero-order chi connectivity index (χ0) is 20.3. The first-order chi connectivity index (χ1) is 13.2. The van der Waals surface area contributed by atoms with Gasteiger partial charge in [-0.1, -0.05) is 19.1 Å². The van der Waals surface area contributed by atoms with Crippen LogP contribution < -0.4 is 10.0 Å². The lowest BCUT2D eigenvalue weighted by atomic mass is 9.87. The molecule has 1 saturated carbocycles. The highest BCUT2D eigenvalue weighted by Gasteiger charge is 2.21. The van der Waals surface area contributed by atoms with Gasteiger partial charge in [0.15, 0.2) is 0 Å². The molecule has 2 aromatic rings. The van der Waals surface area contributed by atoms with Gasteiger partial charge in [0.25, 0.3) is 15.9 Å². The van der Waals surface area contributed by atoms with Gasteiger partial charge in [-0.15, -0.1) is 0 Å². The standard InChI is InChI=1S/C22H28N2O3S/c1-15-5-10-19(11-6-15)23-22(25)18-8-12-20(13-9-18)24-28(26,27)21-14-16(2)4-7-17(21)3/h4,7-9,12-15,19,24H,5-6,10-11H2,1-3H3,(H,23,25). The number of benzene rings is 2. The molecule has 0 spiro atoms. The summed E-state index contributed by atoms with van der Waals surface area (Å²) in [4.78, 5) is 12.7. The molecule has 0 unspecified atom stereocenters. The van der Waals surface area contributed by atoms with Crippen LogP contribution in [-0.4, -0.2) is 20.4 Å². The van der Waals surface area contributed by atoms with E-state index >= 15 is 0 Å². The summed E-state index contributed by atoms with van der Waals surface area (Å²) in [6.45, 7) is 5.88. The molecule has 1 fully saturated rings. The SMILES string of the molecule is Cc1ccc(C)c(S(=O)(=O)Nc2ccc(C(=O)NC3CCC(C)CC3)cc2)c1. The van der Waals surface area contributed by atoms with Crippen molar-refractivity contribution in [1.82, 2.24) is 5.32 Å². The number of anilines is 1. The van der Waals surface area contributed by atoms with Crippen LogP contribution in [0.25, 0.3) is 0 Å². The minimum absolute atomic E-state index is 0.108. The molecule has 150 valence electrons. The Kier molecular flexibility index (Phi) is 6.08. The van der Waals surface area contributed by atoms with Crippen LogP contribution in [-0.2, 0) is 10.0 Å². The molecule has 0 saturated heterocycles. The summed E-state index contributed by atoms with van der Waals surface area (Å²) in [6, 6.07) is 12.1. The van der Waals surface area contributed by atoms with Gasteiger partial charge in [0.1, 0.15) is 0 Å². The van der Waals surface area contributed by atoms with Crippen molar-refractivity contribution in [2.45, 2.75) is 57.4 Å². The maximum Gasteiger partial charge on any atom is 0.262 e. The van der Waals surface area contributed by atoms with Crippen LogP contribution in [0, 0.1) is 19.8 Å². The molecule has 0 atom stereocenters. The summed E-state index contributed by atoms with van der Waals surface area (Å²) in [5, 5.41) is 3.09. The van der Waals surface area contributed by atoms with Crippen molar-refractivity contribution in [2.24, 2.45) is 5.92 Å². The highest BCUT2D eigenvalue weighted by molar-refractivity contribution is 7.92. The molecule has 2 N–H and O–H groups in total. The number of hydrogen-bond acceptors (Lipinski definition) is 3. The van der Waals surface area contributed by atoms with Crippen LogP contribution in [0.15, 0.2) is 47.4 Å². The fraction of sp³-hybridized carbons (Fsp3) is 0.409.